The summed E-state index contributed by atoms with van der Waals surface area (Å²) in [5, 5.41) is 2.92. The first-order chi connectivity index (χ1) is 8.20. The molecule has 1 N–H and O–H groups in total. The number of carbonyl (C=O) groups excluding carboxylic acids is 1. The molecule has 1 aliphatic carbocycles. The predicted molar refractivity (Wildman–Crippen MR) is 66.7 cm³/mol. The summed E-state index contributed by atoms with van der Waals surface area (Å²) in [5.41, 5.74) is 0.748. The molecule has 0 saturated heterocycles. The summed E-state index contributed by atoms with van der Waals surface area (Å²) in [6.07, 6.45) is 5.18. The van der Waals surface area contributed by atoms with E-state index >= 15 is 0 Å². The predicted octanol–water partition coefficient (Wildman–Crippen LogP) is 3.57. The summed E-state index contributed by atoms with van der Waals surface area (Å²) in [6, 6.07) is 4.56. The van der Waals surface area contributed by atoms with Crippen LogP contribution in [-0.4, -0.2) is 10.7 Å². The van der Waals surface area contributed by atoms with Crippen LogP contribution in [0.3, 0.4) is 0 Å². The molecule has 1 spiro atoms. The molecule has 1 aromatic carbocycles. The van der Waals surface area contributed by atoms with Gasteiger partial charge in [0, 0.05) is 4.90 Å². The van der Waals surface area contributed by atoms with E-state index in [1.807, 2.05) is 0 Å². The second kappa shape index (κ2) is 4.02. The summed E-state index contributed by atoms with van der Waals surface area (Å²) in [6.45, 7) is 0. The Morgan fingerprint density at radius 2 is 2.00 bits per heavy atom. The van der Waals surface area contributed by atoms with Crippen molar-refractivity contribution >= 4 is 23.4 Å². The van der Waals surface area contributed by atoms with Gasteiger partial charge in [-0.15, -0.1) is 11.8 Å². The number of hydrogen-bond donors (Lipinski definition) is 1. The molecular formula is C13H14FNOS. The van der Waals surface area contributed by atoms with Gasteiger partial charge in [-0.25, -0.2) is 4.39 Å². The summed E-state index contributed by atoms with van der Waals surface area (Å²) < 4.78 is 12.9. The fraction of sp³-hybridized carbons (Fsp3) is 0.462. The smallest absolute Gasteiger partial charge is 0.241 e. The Labute approximate surface area is 104 Å². The van der Waals surface area contributed by atoms with E-state index in [-0.39, 0.29) is 16.5 Å². The Bertz CT molecular complexity index is 468. The lowest BCUT2D eigenvalue weighted by atomic mass is 9.87. The maximum atomic E-state index is 13.2. The summed E-state index contributed by atoms with van der Waals surface area (Å²) in [5.74, 6) is -0.139. The molecule has 0 atom stereocenters. The molecule has 3 rings (SSSR count). The third-order valence-corrected chi connectivity index (χ3v) is 5.11. The first-order valence-electron chi connectivity index (χ1n) is 6.00. The molecule has 0 radical (unpaired) electrons. The SMILES string of the molecule is O=C1Nc2ccc(F)cc2SC12CCCCC2. The Kier molecular flexibility index (Phi) is 2.62. The Morgan fingerprint density at radius 3 is 2.76 bits per heavy atom. The lowest BCUT2D eigenvalue weighted by Gasteiger charge is -2.38. The van der Waals surface area contributed by atoms with E-state index < -0.39 is 0 Å². The van der Waals surface area contributed by atoms with Gasteiger partial charge in [-0.3, -0.25) is 4.79 Å². The third-order valence-electron chi connectivity index (χ3n) is 3.57. The fourth-order valence-corrected chi connectivity index (χ4v) is 4.09. The number of benzene rings is 1. The van der Waals surface area contributed by atoms with Crippen LogP contribution in [0, 0.1) is 5.82 Å². The molecule has 17 heavy (non-hydrogen) atoms. The van der Waals surface area contributed by atoms with E-state index in [2.05, 4.69) is 5.32 Å². The van der Waals surface area contributed by atoms with Gasteiger partial charge in [0.1, 0.15) is 5.82 Å². The summed E-state index contributed by atoms with van der Waals surface area (Å²) >= 11 is 1.55. The highest BCUT2D eigenvalue weighted by Gasteiger charge is 2.43. The fourth-order valence-electron chi connectivity index (χ4n) is 2.63. The topological polar surface area (TPSA) is 29.1 Å². The second-order valence-electron chi connectivity index (χ2n) is 4.75. The number of amides is 1. The number of fused-ring (bicyclic) bond motifs is 1. The second-order valence-corrected chi connectivity index (χ2v) is 6.18. The number of nitrogens with one attached hydrogen (secondary N) is 1. The summed E-state index contributed by atoms with van der Waals surface area (Å²) in [4.78, 5) is 13.1. The number of halogens is 1. The molecule has 0 bridgehead atoms. The van der Waals surface area contributed by atoms with E-state index in [1.165, 1.54) is 18.6 Å². The van der Waals surface area contributed by atoms with Crippen molar-refractivity contribution in [3.63, 3.8) is 0 Å². The van der Waals surface area contributed by atoms with Gasteiger partial charge in [0.2, 0.25) is 5.91 Å². The van der Waals surface area contributed by atoms with Crippen LogP contribution in [0.2, 0.25) is 0 Å². The largest absolute Gasteiger partial charge is 0.324 e. The highest BCUT2D eigenvalue weighted by molar-refractivity contribution is 8.01. The van der Waals surface area contributed by atoms with Crippen LogP contribution in [0.15, 0.2) is 23.1 Å². The molecular weight excluding hydrogens is 237 g/mol. The first kappa shape index (κ1) is 11.1. The molecule has 1 aliphatic heterocycles. The van der Waals surface area contributed by atoms with Crippen LogP contribution in [0.5, 0.6) is 0 Å². The van der Waals surface area contributed by atoms with Crippen LogP contribution in [0.1, 0.15) is 32.1 Å². The minimum atomic E-state index is -0.348. The molecule has 1 heterocycles. The van der Waals surface area contributed by atoms with E-state index in [0.29, 0.717) is 0 Å². The molecule has 2 aliphatic rings. The van der Waals surface area contributed by atoms with Gasteiger partial charge in [-0.1, -0.05) is 19.3 Å². The minimum absolute atomic E-state index is 0.0984. The number of hydrogen-bond acceptors (Lipinski definition) is 2. The highest BCUT2D eigenvalue weighted by atomic mass is 32.2. The van der Waals surface area contributed by atoms with E-state index in [9.17, 15) is 9.18 Å². The molecule has 1 saturated carbocycles. The third kappa shape index (κ3) is 1.84. The molecule has 1 amide bonds. The lowest BCUT2D eigenvalue weighted by molar-refractivity contribution is -0.119. The molecule has 2 nitrogen and oxygen atoms in total. The number of rotatable bonds is 0. The van der Waals surface area contributed by atoms with Crippen LogP contribution in [0.25, 0.3) is 0 Å². The Balaban J connectivity index is 1.98. The number of anilines is 1. The van der Waals surface area contributed by atoms with Crippen molar-refractivity contribution in [3.05, 3.63) is 24.0 Å². The molecule has 0 aromatic heterocycles. The normalized spacial score (nSPS) is 22.1. The average Bonchev–Trinajstić information content (AvgIpc) is 2.32. The molecule has 1 aromatic rings. The zero-order chi connectivity index (χ0) is 11.9. The monoisotopic (exact) mass is 251 g/mol. The van der Waals surface area contributed by atoms with Gasteiger partial charge in [-0.05, 0) is 31.0 Å². The average molecular weight is 251 g/mol. The van der Waals surface area contributed by atoms with Crippen molar-refractivity contribution in [1.29, 1.82) is 0 Å². The lowest BCUT2D eigenvalue weighted by Crippen LogP contribution is -2.44. The van der Waals surface area contributed by atoms with Gasteiger partial charge in [-0.2, -0.15) is 0 Å². The standard InChI is InChI=1S/C13H14FNOS/c14-9-4-5-10-11(8-9)17-13(12(16)15-10)6-2-1-3-7-13/h4-5,8H,1-3,6-7H2,(H,15,16). The molecule has 90 valence electrons. The maximum absolute atomic E-state index is 13.2. The first-order valence-corrected chi connectivity index (χ1v) is 6.81. The van der Waals surface area contributed by atoms with Crippen molar-refractivity contribution in [2.24, 2.45) is 0 Å². The maximum Gasteiger partial charge on any atom is 0.241 e. The van der Waals surface area contributed by atoms with Crippen molar-refractivity contribution in [2.45, 2.75) is 41.7 Å². The Morgan fingerprint density at radius 1 is 1.24 bits per heavy atom. The van der Waals surface area contributed by atoms with Gasteiger partial charge in [0.05, 0.1) is 10.4 Å². The van der Waals surface area contributed by atoms with Crippen LogP contribution in [0.4, 0.5) is 10.1 Å². The molecule has 4 heteroatoms. The van der Waals surface area contributed by atoms with Crippen molar-refractivity contribution in [3.8, 4) is 0 Å². The zero-order valence-corrected chi connectivity index (χ0v) is 10.3. The van der Waals surface area contributed by atoms with E-state index in [4.69, 9.17) is 0 Å². The Hall–Kier alpha value is -1.03. The van der Waals surface area contributed by atoms with Crippen molar-refractivity contribution < 1.29 is 9.18 Å². The van der Waals surface area contributed by atoms with Crippen LogP contribution < -0.4 is 5.32 Å². The van der Waals surface area contributed by atoms with Crippen LogP contribution in [-0.2, 0) is 4.79 Å². The van der Waals surface area contributed by atoms with Crippen molar-refractivity contribution in [1.82, 2.24) is 0 Å². The van der Waals surface area contributed by atoms with Crippen molar-refractivity contribution in [2.75, 3.05) is 5.32 Å². The van der Waals surface area contributed by atoms with Gasteiger partial charge in [0.25, 0.3) is 0 Å². The number of thioether (sulfide) groups is 1. The minimum Gasteiger partial charge on any atom is -0.324 e. The van der Waals surface area contributed by atoms with Gasteiger partial charge >= 0.3 is 0 Å². The van der Waals surface area contributed by atoms with E-state index in [1.54, 1.807) is 17.8 Å². The van der Waals surface area contributed by atoms with Gasteiger partial charge < -0.3 is 5.32 Å². The number of carbonyl (C=O) groups is 1. The zero-order valence-electron chi connectivity index (χ0n) is 9.46. The summed E-state index contributed by atoms with van der Waals surface area (Å²) in [7, 11) is 0. The molecule has 1 fully saturated rings. The molecule has 0 unspecified atom stereocenters. The van der Waals surface area contributed by atoms with Gasteiger partial charge in [0.15, 0.2) is 0 Å². The van der Waals surface area contributed by atoms with E-state index in [0.717, 1.165) is 36.3 Å². The quantitative estimate of drug-likeness (QED) is 0.763. The highest BCUT2D eigenvalue weighted by Crippen LogP contribution is 2.49. The van der Waals surface area contributed by atoms with Crippen LogP contribution >= 0.6 is 11.8 Å².